The van der Waals surface area contributed by atoms with Gasteiger partial charge in [0.25, 0.3) is 5.89 Å². The highest BCUT2D eigenvalue weighted by Gasteiger charge is 2.30. The maximum atomic E-state index is 15.2. The van der Waals surface area contributed by atoms with E-state index in [0.29, 0.717) is 24.1 Å². The summed E-state index contributed by atoms with van der Waals surface area (Å²) in [5, 5.41) is 12.3. The molecule has 4 rings (SSSR count). The van der Waals surface area contributed by atoms with Crippen molar-refractivity contribution in [2.24, 2.45) is 0 Å². The fourth-order valence-corrected chi connectivity index (χ4v) is 4.29. The third-order valence-corrected chi connectivity index (χ3v) is 6.24. The molecule has 2 heterocycles. The van der Waals surface area contributed by atoms with Crippen molar-refractivity contribution >= 4 is 11.7 Å². The standard InChI is InChI=1S/C26H26F4N4O3/c1-13(2)16-7-5-14(10-18(16)27)17-8-6-15(11-19(17)28)23(32-25(36)20-4-3-9-31-20)21(35)12-22-33-34-26(37-22)24(29)30/h5-8,10-11,13,20,23-24,31H,3-4,9,12H2,1-2H3,(H,32,36). The van der Waals surface area contributed by atoms with Crippen LogP contribution in [0.3, 0.4) is 0 Å². The Morgan fingerprint density at radius 1 is 1.11 bits per heavy atom. The number of hydrogen-bond donors (Lipinski definition) is 2. The molecular formula is C26H26F4N4O3. The summed E-state index contributed by atoms with van der Waals surface area (Å²) in [5.74, 6) is -3.61. The van der Waals surface area contributed by atoms with E-state index >= 15 is 4.39 Å². The van der Waals surface area contributed by atoms with Crippen LogP contribution in [0, 0.1) is 11.6 Å². The van der Waals surface area contributed by atoms with Gasteiger partial charge < -0.3 is 15.1 Å². The van der Waals surface area contributed by atoms with Crippen molar-refractivity contribution in [3.8, 4) is 11.1 Å². The highest BCUT2D eigenvalue weighted by atomic mass is 19.3. The maximum Gasteiger partial charge on any atom is 0.314 e. The van der Waals surface area contributed by atoms with E-state index < -0.39 is 54.1 Å². The lowest BCUT2D eigenvalue weighted by molar-refractivity contribution is -0.128. The topological polar surface area (TPSA) is 97.1 Å². The minimum atomic E-state index is -3.00. The van der Waals surface area contributed by atoms with Crippen LogP contribution in [0.2, 0.25) is 0 Å². The lowest BCUT2D eigenvalue weighted by Crippen LogP contribution is -2.44. The molecule has 1 aliphatic rings. The number of carbonyl (C=O) groups is 2. The molecule has 0 saturated carbocycles. The molecule has 2 aromatic carbocycles. The van der Waals surface area contributed by atoms with Crippen molar-refractivity contribution in [3.05, 3.63) is 70.9 Å². The van der Waals surface area contributed by atoms with Crippen molar-refractivity contribution in [3.63, 3.8) is 0 Å². The van der Waals surface area contributed by atoms with Crippen LogP contribution in [0.4, 0.5) is 17.6 Å². The molecular weight excluding hydrogens is 492 g/mol. The van der Waals surface area contributed by atoms with E-state index in [1.54, 1.807) is 12.1 Å². The van der Waals surface area contributed by atoms with Crippen molar-refractivity contribution in [2.75, 3.05) is 6.54 Å². The van der Waals surface area contributed by atoms with Gasteiger partial charge in [-0.25, -0.2) is 8.78 Å². The van der Waals surface area contributed by atoms with Gasteiger partial charge in [0, 0.05) is 5.56 Å². The van der Waals surface area contributed by atoms with Gasteiger partial charge in [-0.05, 0) is 54.1 Å². The Hall–Kier alpha value is -3.60. The largest absolute Gasteiger partial charge is 0.419 e. The Balaban J connectivity index is 1.62. The van der Waals surface area contributed by atoms with Crippen LogP contribution in [0.5, 0.6) is 0 Å². The van der Waals surface area contributed by atoms with Gasteiger partial charge in [-0.15, -0.1) is 10.2 Å². The fraction of sp³-hybridized carbons (Fsp3) is 0.385. The van der Waals surface area contributed by atoms with Gasteiger partial charge in [0.1, 0.15) is 17.7 Å². The number of carbonyl (C=O) groups excluding carboxylic acids is 2. The second-order valence-electron chi connectivity index (χ2n) is 9.20. The highest BCUT2D eigenvalue weighted by Crippen LogP contribution is 2.30. The summed E-state index contributed by atoms with van der Waals surface area (Å²) < 4.78 is 60.1. The van der Waals surface area contributed by atoms with Crippen LogP contribution in [0.25, 0.3) is 11.1 Å². The minimum absolute atomic E-state index is 0.0402. The van der Waals surface area contributed by atoms with Crippen molar-refractivity contribution in [1.29, 1.82) is 0 Å². The average molecular weight is 519 g/mol. The first-order valence-electron chi connectivity index (χ1n) is 11.9. The molecule has 1 amide bonds. The molecule has 0 spiro atoms. The Morgan fingerprint density at radius 3 is 2.49 bits per heavy atom. The summed E-state index contributed by atoms with van der Waals surface area (Å²) in [4.78, 5) is 25.9. The summed E-state index contributed by atoms with van der Waals surface area (Å²) in [6, 6.07) is 6.58. The van der Waals surface area contributed by atoms with Crippen LogP contribution < -0.4 is 10.6 Å². The molecule has 196 valence electrons. The average Bonchev–Trinajstić information content (AvgIpc) is 3.55. The van der Waals surface area contributed by atoms with E-state index in [4.69, 9.17) is 4.42 Å². The number of halogens is 4. The lowest BCUT2D eigenvalue weighted by atomic mass is 9.94. The van der Waals surface area contributed by atoms with Crippen LogP contribution >= 0.6 is 0 Å². The number of hydrogen-bond acceptors (Lipinski definition) is 6. The number of aromatic nitrogens is 2. The molecule has 1 aromatic heterocycles. The quantitative estimate of drug-likeness (QED) is 0.395. The number of Topliss-reactive ketones (excluding diaryl/α,β-unsaturated/α-hetero) is 1. The van der Waals surface area contributed by atoms with Gasteiger partial charge in [0.2, 0.25) is 11.8 Å². The van der Waals surface area contributed by atoms with Crippen LogP contribution in [-0.4, -0.2) is 34.5 Å². The summed E-state index contributed by atoms with van der Waals surface area (Å²) in [7, 11) is 0. The number of benzene rings is 2. The zero-order chi connectivity index (χ0) is 26.7. The van der Waals surface area contributed by atoms with E-state index in [2.05, 4.69) is 20.8 Å². The van der Waals surface area contributed by atoms with Gasteiger partial charge in [0.05, 0.1) is 12.5 Å². The third-order valence-electron chi connectivity index (χ3n) is 6.24. The molecule has 11 heteroatoms. The van der Waals surface area contributed by atoms with Gasteiger partial charge in [-0.3, -0.25) is 9.59 Å². The number of ketones is 1. The number of amides is 1. The fourth-order valence-electron chi connectivity index (χ4n) is 4.29. The number of nitrogens with one attached hydrogen (secondary N) is 2. The first-order chi connectivity index (χ1) is 17.6. The zero-order valence-electron chi connectivity index (χ0n) is 20.2. The van der Waals surface area contributed by atoms with E-state index in [9.17, 15) is 22.8 Å². The molecule has 0 aliphatic carbocycles. The number of alkyl halides is 2. The monoisotopic (exact) mass is 518 g/mol. The predicted molar refractivity (Wildman–Crippen MR) is 126 cm³/mol. The van der Waals surface area contributed by atoms with Crippen molar-refractivity contribution < 1.29 is 31.6 Å². The zero-order valence-corrected chi connectivity index (χ0v) is 20.2. The van der Waals surface area contributed by atoms with Gasteiger partial charge in [-0.1, -0.05) is 38.1 Å². The molecule has 1 saturated heterocycles. The van der Waals surface area contributed by atoms with Crippen molar-refractivity contribution in [2.45, 2.75) is 57.5 Å². The molecule has 0 radical (unpaired) electrons. The molecule has 2 N–H and O–H groups in total. The molecule has 1 fully saturated rings. The SMILES string of the molecule is CC(C)c1ccc(-c2ccc(C(NC(=O)C3CCCN3)C(=O)Cc3nnc(C(F)F)o3)cc2F)cc1F. The van der Waals surface area contributed by atoms with E-state index in [0.717, 1.165) is 12.5 Å². The Kier molecular flexibility index (Phi) is 8.01. The summed E-state index contributed by atoms with van der Waals surface area (Å²) in [5.41, 5.74) is 1.07. The molecule has 2 atom stereocenters. The first kappa shape index (κ1) is 26.5. The lowest BCUT2D eigenvalue weighted by Gasteiger charge is -2.21. The Bertz CT molecular complexity index is 1290. The second kappa shape index (κ2) is 11.2. The first-order valence-corrected chi connectivity index (χ1v) is 11.9. The normalized spacial score (nSPS) is 16.4. The molecule has 7 nitrogen and oxygen atoms in total. The Morgan fingerprint density at radius 2 is 1.89 bits per heavy atom. The van der Waals surface area contributed by atoms with Crippen LogP contribution in [-0.2, 0) is 16.0 Å². The number of rotatable bonds is 9. The van der Waals surface area contributed by atoms with E-state index in [1.165, 1.54) is 18.2 Å². The molecule has 2 unspecified atom stereocenters. The van der Waals surface area contributed by atoms with Gasteiger partial charge in [0.15, 0.2) is 5.78 Å². The van der Waals surface area contributed by atoms with Crippen LogP contribution in [0.15, 0.2) is 40.8 Å². The van der Waals surface area contributed by atoms with Crippen LogP contribution in [0.1, 0.15) is 68.0 Å². The van der Waals surface area contributed by atoms with Gasteiger partial charge in [-0.2, -0.15) is 8.78 Å². The smallest absolute Gasteiger partial charge is 0.314 e. The highest BCUT2D eigenvalue weighted by molar-refractivity contribution is 5.92. The maximum absolute atomic E-state index is 15.2. The predicted octanol–water partition coefficient (Wildman–Crippen LogP) is 4.80. The summed E-state index contributed by atoms with van der Waals surface area (Å²) >= 11 is 0. The van der Waals surface area contributed by atoms with E-state index in [-0.39, 0.29) is 22.9 Å². The molecule has 1 aliphatic heterocycles. The van der Waals surface area contributed by atoms with Crippen molar-refractivity contribution in [1.82, 2.24) is 20.8 Å². The molecule has 3 aromatic rings. The molecule has 0 bridgehead atoms. The van der Waals surface area contributed by atoms with E-state index in [1.807, 2.05) is 13.8 Å². The summed E-state index contributed by atoms with van der Waals surface area (Å²) in [6.07, 6.45) is -2.20. The molecule has 37 heavy (non-hydrogen) atoms. The van der Waals surface area contributed by atoms with Gasteiger partial charge >= 0.3 is 6.43 Å². The minimum Gasteiger partial charge on any atom is -0.419 e. The third kappa shape index (κ3) is 6.04. The Labute approximate surface area is 210 Å². The second-order valence-corrected chi connectivity index (χ2v) is 9.20. The number of nitrogens with zero attached hydrogens (tertiary/aromatic N) is 2. The summed E-state index contributed by atoms with van der Waals surface area (Å²) in [6.45, 7) is 4.34.